The Kier molecular flexibility index (Phi) is 39.7. The van der Waals surface area contributed by atoms with E-state index < -0.39 is 80.7 Å². The number of aliphatic hydroxyl groups excluding tert-OH is 7. The Morgan fingerprint density at radius 3 is 1.43 bits per heavy atom. The molecule has 14 nitrogen and oxygen atoms in total. The maximum Gasteiger partial charge on any atom is 0.306 e. The van der Waals surface area contributed by atoms with Crippen LogP contribution in [0.5, 0.6) is 0 Å². The van der Waals surface area contributed by atoms with Crippen LogP contribution in [-0.4, -0.2) is 142 Å². The lowest BCUT2D eigenvalue weighted by Gasteiger charge is -2.42. The first-order valence-electron chi connectivity index (χ1n) is 27.7. The van der Waals surface area contributed by atoms with Crippen molar-refractivity contribution in [3.63, 3.8) is 0 Å². The van der Waals surface area contributed by atoms with Crippen LogP contribution in [0.1, 0.15) is 200 Å². The van der Waals surface area contributed by atoms with E-state index in [0.717, 1.165) is 77.0 Å². The molecule has 0 aromatic carbocycles. The van der Waals surface area contributed by atoms with E-state index in [-0.39, 0.29) is 25.6 Å². The van der Waals surface area contributed by atoms with Gasteiger partial charge in [0.15, 0.2) is 12.6 Å². The smallest absolute Gasteiger partial charge is 0.306 e. The van der Waals surface area contributed by atoms with E-state index >= 15 is 0 Å². The van der Waals surface area contributed by atoms with Crippen LogP contribution in [0.2, 0.25) is 0 Å². The molecule has 70 heavy (non-hydrogen) atoms. The highest BCUT2D eigenvalue weighted by Gasteiger charge is 2.47. The first kappa shape index (κ1) is 64.1. The summed E-state index contributed by atoms with van der Waals surface area (Å²) in [5.74, 6) is -0.388. The Bertz CT molecular complexity index is 1340. The van der Waals surface area contributed by atoms with E-state index in [1.54, 1.807) is 0 Å². The molecule has 11 unspecified atom stereocenters. The first-order valence-corrected chi connectivity index (χ1v) is 27.7. The quantitative estimate of drug-likeness (QED) is 0.0172. The minimum absolute atomic E-state index is 0.0509. The van der Waals surface area contributed by atoms with Crippen LogP contribution in [0.25, 0.3) is 0 Å². The number of hydrogen-bond acceptors (Lipinski definition) is 14. The van der Waals surface area contributed by atoms with Gasteiger partial charge >= 0.3 is 5.97 Å². The average Bonchev–Trinajstić information content (AvgIpc) is 3.36. The summed E-state index contributed by atoms with van der Waals surface area (Å²) in [4.78, 5) is 13.0. The van der Waals surface area contributed by atoms with Gasteiger partial charge in [0.1, 0.15) is 54.9 Å². The first-order chi connectivity index (χ1) is 34.1. The largest absolute Gasteiger partial charge is 0.457 e. The molecule has 2 rings (SSSR count). The summed E-state index contributed by atoms with van der Waals surface area (Å²) in [7, 11) is 0. The van der Waals surface area contributed by atoms with Crippen molar-refractivity contribution >= 4 is 5.97 Å². The third kappa shape index (κ3) is 30.2. The minimum Gasteiger partial charge on any atom is -0.457 e. The standard InChI is InChI=1S/C56H100O14/c1-3-5-7-9-11-13-15-17-19-21-22-23-24-26-28-30-32-34-36-38-40-65-42-45(68-48(58)39-37-35-33-31-29-27-25-20-18-16-14-12-10-8-6-4-2)43-66-55-54(64)52(62)50(60)47(70-55)44-67-56-53(63)51(61)49(59)46(41-57)69-56/h11,13,17,19-20,22-23,25,45-47,49-57,59-64H,3-10,12,14-16,18,21,24,26-44H2,1-2H3/b13-11-,19-17-,23-22-,25-20-. The van der Waals surface area contributed by atoms with E-state index in [9.17, 15) is 40.5 Å². The van der Waals surface area contributed by atoms with Crippen LogP contribution in [0, 0.1) is 0 Å². The molecular formula is C56H100O14. The molecule has 2 saturated heterocycles. The van der Waals surface area contributed by atoms with Crippen LogP contribution in [-0.2, 0) is 33.2 Å². The van der Waals surface area contributed by atoms with Crippen LogP contribution in [0.3, 0.4) is 0 Å². The van der Waals surface area contributed by atoms with Gasteiger partial charge in [0, 0.05) is 13.0 Å². The van der Waals surface area contributed by atoms with Crippen molar-refractivity contribution in [1.29, 1.82) is 0 Å². The predicted octanol–water partition coefficient (Wildman–Crippen LogP) is 9.13. The van der Waals surface area contributed by atoms with Crippen molar-refractivity contribution in [3.05, 3.63) is 48.6 Å². The molecule has 0 bridgehead atoms. The van der Waals surface area contributed by atoms with Gasteiger partial charge in [-0.15, -0.1) is 0 Å². The van der Waals surface area contributed by atoms with E-state index in [1.807, 2.05) is 0 Å². The van der Waals surface area contributed by atoms with E-state index in [2.05, 4.69) is 62.5 Å². The van der Waals surface area contributed by atoms with Crippen molar-refractivity contribution in [3.8, 4) is 0 Å². The average molecular weight is 997 g/mol. The number of carbonyl (C=O) groups excluding carboxylic acids is 1. The molecule has 0 aromatic heterocycles. The number of rotatable bonds is 44. The summed E-state index contributed by atoms with van der Waals surface area (Å²) >= 11 is 0. The van der Waals surface area contributed by atoms with Gasteiger partial charge in [-0.3, -0.25) is 4.79 Å². The highest BCUT2D eigenvalue weighted by atomic mass is 16.7. The van der Waals surface area contributed by atoms with Crippen molar-refractivity contribution < 1.29 is 69.0 Å². The number of aliphatic hydroxyl groups is 7. The maximum absolute atomic E-state index is 13.0. The summed E-state index contributed by atoms with van der Waals surface area (Å²) in [5.41, 5.74) is 0. The molecule has 2 fully saturated rings. The number of unbranched alkanes of at least 4 members (excludes halogenated alkanes) is 22. The second-order valence-electron chi connectivity index (χ2n) is 19.4. The van der Waals surface area contributed by atoms with Gasteiger partial charge in [-0.1, -0.05) is 165 Å². The van der Waals surface area contributed by atoms with Gasteiger partial charge in [-0.2, -0.15) is 0 Å². The fourth-order valence-corrected chi connectivity index (χ4v) is 8.52. The second-order valence-corrected chi connectivity index (χ2v) is 19.4. The third-order valence-electron chi connectivity index (χ3n) is 13.1. The van der Waals surface area contributed by atoms with E-state index in [1.165, 1.54) is 96.3 Å². The normalized spacial score (nSPS) is 25.8. The second kappa shape index (κ2) is 43.4. The number of esters is 1. The molecule has 0 radical (unpaired) electrons. The SMILES string of the molecule is CCCCC/C=C\C/C=C\C/C=C\CCCCCCCCCOCC(COC1OC(COC2OC(CO)C(O)C(O)C2O)C(O)C(O)C1O)OC(=O)CCCCCCC/C=C\CCCCCCCCC. The minimum atomic E-state index is -1.71. The zero-order chi connectivity index (χ0) is 50.9. The lowest BCUT2D eigenvalue weighted by molar-refractivity contribution is -0.332. The number of carbonyl (C=O) groups is 1. The van der Waals surface area contributed by atoms with Gasteiger partial charge in [0.25, 0.3) is 0 Å². The van der Waals surface area contributed by atoms with Crippen molar-refractivity contribution in [2.45, 2.75) is 268 Å². The number of allylic oxidation sites excluding steroid dienone is 8. The third-order valence-corrected chi connectivity index (χ3v) is 13.1. The molecule has 7 N–H and O–H groups in total. The lowest BCUT2D eigenvalue weighted by atomic mass is 9.98. The molecule has 408 valence electrons. The fraction of sp³-hybridized carbons (Fsp3) is 0.839. The Labute approximate surface area is 422 Å². The highest BCUT2D eigenvalue weighted by molar-refractivity contribution is 5.69. The predicted molar refractivity (Wildman–Crippen MR) is 275 cm³/mol. The van der Waals surface area contributed by atoms with Crippen LogP contribution >= 0.6 is 0 Å². The Morgan fingerprint density at radius 2 is 0.886 bits per heavy atom. The monoisotopic (exact) mass is 997 g/mol. The summed E-state index contributed by atoms with van der Waals surface area (Å²) < 4.78 is 34.3. The van der Waals surface area contributed by atoms with Crippen molar-refractivity contribution in [1.82, 2.24) is 0 Å². The molecule has 2 heterocycles. The highest BCUT2D eigenvalue weighted by Crippen LogP contribution is 2.26. The van der Waals surface area contributed by atoms with Gasteiger partial charge in [0.2, 0.25) is 0 Å². The van der Waals surface area contributed by atoms with Gasteiger partial charge in [0.05, 0.1) is 26.4 Å². The zero-order valence-electron chi connectivity index (χ0n) is 43.5. The molecule has 0 aliphatic carbocycles. The molecule has 0 spiro atoms. The topological polar surface area (TPSA) is 214 Å². The van der Waals surface area contributed by atoms with Crippen molar-refractivity contribution in [2.24, 2.45) is 0 Å². The molecule has 0 amide bonds. The summed E-state index contributed by atoms with van der Waals surface area (Å²) in [6.45, 7) is 3.63. The molecule has 11 atom stereocenters. The van der Waals surface area contributed by atoms with E-state index in [4.69, 9.17) is 28.4 Å². The Balaban J connectivity index is 1.75. The van der Waals surface area contributed by atoms with Crippen molar-refractivity contribution in [2.75, 3.05) is 33.0 Å². The lowest BCUT2D eigenvalue weighted by Crippen LogP contribution is -2.61. The maximum atomic E-state index is 13.0. The molecule has 0 saturated carbocycles. The van der Waals surface area contributed by atoms with Gasteiger partial charge in [-0.05, 0) is 77.0 Å². The molecular weight excluding hydrogens is 897 g/mol. The molecule has 2 aliphatic rings. The zero-order valence-corrected chi connectivity index (χ0v) is 43.5. The van der Waals surface area contributed by atoms with E-state index in [0.29, 0.717) is 13.0 Å². The number of ether oxygens (including phenoxy) is 6. The molecule has 2 aliphatic heterocycles. The van der Waals surface area contributed by atoms with Gasteiger partial charge in [-0.25, -0.2) is 0 Å². The fourth-order valence-electron chi connectivity index (χ4n) is 8.52. The summed E-state index contributed by atoms with van der Waals surface area (Å²) in [5, 5.41) is 72.2. The Morgan fingerprint density at radius 1 is 0.471 bits per heavy atom. The number of hydrogen-bond donors (Lipinski definition) is 7. The molecule has 0 aromatic rings. The summed E-state index contributed by atoms with van der Waals surface area (Å²) in [6.07, 6.45) is 34.5. The van der Waals surface area contributed by atoms with Crippen LogP contribution in [0.4, 0.5) is 0 Å². The summed E-state index contributed by atoms with van der Waals surface area (Å²) in [6, 6.07) is 0. The van der Waals surface area contributed by atoms with Gasteiger partial charge < -0.3 is 64.2 Å². The van der Waals surface area contributed by atoms with Crippen LogP contribution < -0.4 is 0 Å². The molecule has 14 heteroatoms. The Hall–Kier alpha value is -2.05. The van der Waals surface area contributed by atoms with Crippen LogP contribution in [0.15, 0.2) is 48.6 Å².